The molecule has 2 aromatic heterocycles. The first-order chi connectivity index (χ1) is 10.3. The average Bonchev–Trinajstić information content (AvgIpc) is 3.37. The van der Waals surface area contributed by atoms with Crippen molar-refractivity contribution < 1.29 is 0 Å². The molecule has 4 heteroatoms. The second kappa shape index (κ2) is 6.04. The van der Waals surface area contributed by atoms with Crippen LogP contribution in [-0.4, -0.2) is 27.5 Å². The van der Waals surface area contributed by atoms with Gasteiger partial charge in [0.2, 0.25) is 0 Å². The molecule has 0 aromatic carbocycles. The lowest BCUT2D eigenvalue weighted by Gasteiger charge is -2.22. The maximum Gasteiger partial charge on any atom is 0.180 e. The molecule has 2 aromatic rings. The maximum absolute atomic E-state index is 4.74. The van der Waals surface area contributed by atoms with Gasteiger partial charge in [0, 0.05) is 30.5 Å². The summed E-state index contributed by atoms with van der Waals surface area (Å²) in [7, 11) is 0. The Kier molecular flexibility index (Phi) is 3.95. The van der Waals surface area contributed by atoms with E-state index in [0.29, 0.717) is 11.9 Å². The fourth-order valence-corrected chi connectivity index (χ4v) is 2.38. The molecule has 0 bridgehead atoms. The van der Waals surface area contributed by atoms with Crippen molar-refractivity contribution in [3.8, 4) is 11.5 Å². The Balaban J connectivity index is 2.02. The van der Waals surface area contributed by atoms with Crippen LogP contribution in [0.25, 0.3) is 11.5 Å². The van der Waals surface area contributed by atoms with Gasteiger partial charge in [-0.2, -0.15) is 0 Å². The molecule has 1 fully saturated rings. The Hall–Kier alpha value is -2.23. The SMILES string of the molecule is C=CCN(c1cc(CC)nc(-c2ccccn2)n1)C1CC1. The summed E-state index contributed by atoms with van der Waals surface area (Å²) in [5.74, 6) is 1.70. The second-order valence-corrected chi connectivity index (χ2v) is 5.28. The molecule has 108 valence electrons. The van der Waals surface area contributed by atoms with Crippen LogP contribution >= 0.6 is 0 Å². The zero-order valence-electron chi connectivity index (χ0n) is 12.4. The Morgan fingerprint density at radius 2 is 2.19 bits per heavy atom. The predicted molar refractivity (Wildman–Crippen MR) is 85.2 cm³/mol. The van der Waals surface area contributed by atoms with E-state index >= 15 is 0 Å². The largest absolute Gasteiger partial charge is 0.350 e. The van der Waals surface area contributed by atoms with Gasteiger partial charge in [0.25, 0.3) is 0 Å². The highest BCUT2D eigenvalue weighted by Crippen LogP contribution is 2.31. The first kappa shape index (κ1) is 13.7. The van der Waals surface area contributed by atoms with Crippen LogP contribution in [0.3, 0.4) is 0 Å². The summed E-state index contributed by atoms with van der Waals surface area (Å²) in [6.45, 7) is 6.80. The van der Waals surface area contributed by atoms with Gasteiger partial charge in [-0.3, -0.25) is 4.98 Å². The summed E-state index contributed by atoms with van der Waals surface area (Å²) in [5, 5.41) is 0. The van der Waals surface area contributed by atoms with Gasteiger partial charge < -0.3 is 4.90 Å². The summed E-state index contributed by atoms with van der Waals surface area (Å²) in [5.41, 5.74) is 1.87. The number of rotatable bonds is 6. The Morgan fingerprint density at radius 1 is 1.33 bits per heavy atom. The zero-order valence-corrected chi connectivity index (χ0v) is 12.4. The molecule has 0 radical (unpaired) electrons. The van der Waals surface area contributed by atoms with Crippen LogP contribution in [0.4, 0.5) is 5.82 Å². The number of hydrogen-bond acceptors (Lipinski definition) is 4. The van der Waals surface area contributed by atoms with Crippen molar-refractivity contribution in [1.82, 2.24) is 15.0 Å². The van der Waals surface area contributed by atoms with Crippen LogP contribution in [-0.2, 0) is 6.42 Å². The molecule has 1 aliphatic rings. The van der Waals surface area contributed by atoms with Crippen molar-refractivity contribution in [3.63, 3.8) is 0 Å². The van der Waals surface area contributed by atoms with Crippen LogP contribution < -0.4 is 4.90 Å². The van der Waals surface area contributed by atoms with Gasteiger partial charge in [0.05, 0.1) is 0 Å². The van der Waals surface area contributed by atoms with Gasteiger partial charge in [0.1, 0.15) is 11.5 Å². The summed E-state index contributed by atoms with van der Waals surface area (Å²) in [4.78, 5) is 16.0. The van der Waals surface area contributed by atoms with Crippen molar-refractivity contribution in [3.05, 3.63) is 48.8 Å². The number of hydrogen-bond donors (Lipinski definition) is 0. The van der Waals surface area contributed by atoms with E-state index in [9.17, 15) is 0 Å². The van der Waals surface area contributed by atoms with Crippen molar-refractivity contribution in [1.29, 1.82) is 0 Å². The summed E-state index contributed by atoms with van der Waals surface area (Å²) < 4.78 is 0. The average molecular weight is 280 g/mol. The third-order valence-corrected chi connectivity index (χ3v) is 3.63. The lowest BCUT2D eigenvalue weighted by atomic mass is 10.2. The molecule has 3 rings (SSSR count). The second-order valence-electron chi connectivity index (χ2n) is 5.28. The predicted octanol–water partition coefficient (Wildman–Crippen LogP) is 3.26. The van der Waals surface area contributed by atoms with Crippen molar-refractivity contribution >= 4 is 5.82 Å². The standard InChI is InChI=1S/C17H20N4/c1-3-11-21(14-8-9-14)16-12-13(4-2)19-17(20-16)15-7-5-6-10-18-15/h3,5-7,10,12,14H,1,4,8-9,11H2,2H3. The van der Waals surface area contributed by atoms with E-state index in [0.717, 1.165) is 30.2 Å². The normalized spacial score (nSPS) is 14.0. The van der Waals surface area contributed by atoms with Gasteiger partial charge in [0.15, 0.2) is 5.82 Å². The van der Waals surface area contributed by atoms with E-state index in [1.54, 1.807) is 6.20 Å². The van der Waals surface area contributed by atoms with E-state index in [1.807, 2.05) is 24.3 Å². The zero-order chi connectivity index (χ0) is 14.7. The molecule has 1 saturated carbocycles. The number of pyridine rings is 1. The molecule has 0 N–H and O–H groups in total. The van der Waals surface area contributed by atoms with E-state index in [2.05, 4.69) is 34.4 Å². The van der Waals surface area contributed by atoms with E-state index in [4.69, 9.17) is 4.98 Å². The van der Waals surface area contributed by atoms with Crippen LogP contribution in [0.5, 0.6) is 0 Å². The molecule has 21 heavy (non-hydrogen) atoms. The van der Waals surface area contributed by atoms with Crippen molar-refractivity contribution in [2.75, 3.05) is 11.4 Å². The molecule has 4 nitrogen and oxygen atoms in total. The molecule has 0 atom stereocenters. The Morgan fingerprint density at radius 3 is 2.81 bits per heavy atom. The lowest BCUT2D eigenvalue weighted by molar-refractivity contribution is 0.831. The number of aryl methyl sites for hydroxylation is 1. The summed E-state index contributed by atoms with van der Waals surface area (Å²) in [6, 6.07) is 8.51. The van der Waals surface area contributed by atoms with Gasteiger partial charge >= 0.3 is 0 Å². The van der Waals surface area contributed by atoms with Crippen LogP contribution in [0.2, 0.25) is 0 Å². The number of aromatic nitrogens is 3. The molecule has 0 unspecified atom stereocenters. The van der Waals surface area contributed by atoms with Crippen LogP contribution in [0.1, 0.15) is 25.5 Å². The topological polar surface area (TPSA) is 41.9 Å². The monoisotopic (exact) mass is 280 g/mol. The molecular weight excluding hydrogens is 260 g/mol. The fraction of sp³-hybridized carbons (Fsp3) is 0.353. The third-order valence-electron chi connectivity index (χ3n) is 3.63. The van der Waals surface area contributed by atoms with E-state index in [-0.39, 0.29) is 0 Å². The first-order valence-electron chi connectivity index (χ1n) is 7.48. The van der Waals surface area contributed by atoms with Gasteiger partial charge in [-0.05, 0) is 31.4 Å². The van der Waals surface area contributed by atoms with Crippen LogP contribution in [0.15, 0.2) is 43.1 Å². The molecule has 0 saturated heterocycles. The molecular formula is C17H20N4. The number of nitrogens with zero attached hydrogens (tertiary/aromatic N) is 4. The smallest absolute Gasteiger partial charge is 0.180 e. The first-order valence-corrected chi connectivity index (χ1v) is 7.48. The summed E-state index contributed by atoms with van der Waals surface area (Å²) in [6.07, 6.45) is 7.07. The highest BCUT2D eigenvalue weighted by atomic mass is 15.2. The molecule has 1 aliphatic carbocycles. The van der Waals surface area contributed by atoms with Gasteiger partial charge in [-0.25, -0.2) is 9.97 Å². The summed E-state index contributed by atoms with van der Waals surface area (Å²) >= 11 is 0. The van der Waals surface area contributed by atoms with Gasteiger partial charge in [-0.15, -0.1) is 6.58 Å². The van der Waals surface area contributed by atoms with E-state index in [1.165, 1.54) is 12.8 Å². The van der Waals surface area contributed by atoms with Crippen LogP contribution in [0, 0.1) is 0 Å². The maximum atomic E-state index is 4.74. The van der Waals surface area contributed by atoms with Crippen molar-refractivity contribution in [2.24, 2.45) is 0 Å². The highest BCUT2D eigenvalue weighted by molar-refractivity contribution is 5.54. The molecule has 0 spiro atoms. The molecule has 0 amide bonds. The quantitative estimate of drug-likeness (QED) is 0.762. The lowest BCUT2D eigenvalue weighted by Crippen LogP contribution is -2.27. The molecule has 0 aliphatic heterocycles. The van der Waals surface area contributed by atoms with Crippen molar-refractivity contribution in [2.45, 2.75) is 32.2 Å². The third kappa shape index (κ3) is 3.10. The molecule has 2 heterocycles. The Bertz CT molecular complexity index is 620. The fourth-order valence-electron chi connectivity index (χ4n) is 2.38. The highest BCUT2D eigenvalue weighted by Gasteiger charge is 2.29. The van der Waals surface area contributed by atoms with E-state index < -0.39 is 0 Å². The minimum Gasteiger partial charge on any atom is -0.350 e. The Labute approximate surface area is 125 Å². The number of anilines is 1. The minimum absolute atomic E-state index is 0.596. The minimum atomic E-state index is 0.596. The van der Waals surface area contributed by atoms with Gasteiger partial charge in [-0.1, -0.05) is 19.1 Å².